The number of hydrogen-bond donors (Lipinski definition) is 4. The minimum atomic E-state index is -2.44. The highest BCUT2D eigenvalue weighted by Crippen LogP contribution is 2.41. The van der Waals surface area contributed by atoms with Crippen LogP contribution in [0.5, 0.6) is 0 Å². The lowest BCUT2D eigenvalue weighted by molar-refractivity contribution is 0.00507. The van der Waals surface area contributed by atoms with Crippen molar-refractivity contribution in [2.45, 2.75) is 109 Å². The van der Waals surface area contributed by atoms with Crippen molar-refractivity contribution in [3.63, 3.8) is 0 Å². The Hall–Kier alpha value is -1.82. The van der Waals surface area contributed by atoms with E-state index in [0.29, 0.717) is 32.1 Å². The van der Waals surface area contributed by atoms with Gasteiger partial charge in [-0.15, -0.1) is 5.23 Å². The Morgan fingerprint density at radius 1 is 0.755 bits per heavy atom. The topological polar surface area (TPSA) is 176 Å². The number of hydrogen-bond acceptors (Lipinski definition) is 15. The quantitative estimate of drug-likeness (QED) is 0.118. The van der Waals surface area contributed by atoms with Gasteiger partial charge in [0.25, 0.3) is 0 Å². The van der Waals surface area contributed by atoms with Crippen LogP contribution >= 0.6 is 0 Å². The van der Waals surface area contributed by atoms with Crippen molar-refractivity contribution in [1.82, 2.24) is 0 Å². The Morgan fingerprint density at radius 2 is 1.25 bits per heavy atom. The number of aliphatic hydroxyl groups is 2. The lowest BCUT2D eigenvalue weighted by atomic mass is 9.79. The van der Waals surface area contributed by atoms with Gasteiger partial charge >= 0.3 is 24.7 Å². The van der Waals surface area contributed by atoms with Crippen LogP contribution in [-0.2, 0) is 45.3 Å². The third kappa shape index (κ3) is 12.3. The first-order valence-corrected chi connectivity index (χ1v) is 21.9. The molecule has 15 nitrogen and oxygen atoms in total. The van der Waals surface area contributed by atoms with E-state index < -0.39 is 23.7 Å². The Kier molecular flexibility index (Phi) is 17.3. The summed E-state index contributed by atoms with van der Waals surface area (Å²) in [5.74, 6) is 0. The zero-order valence-electron chi connectivity index (χ0n) is 30.4. The molecule has 4 N–H and O–H groups in total. The summed E-state index contributed by atoms with van der Waals surface area (Å²) in [5.41, 5.74) is 1.40. The number of anilines is 1. The molecule has 6 unspecified atom stereocenters. The molecule has 0 spiro atoms. The molecule has 2 aromatic rings. The number of aliphatic hydroxyl groups excluding tert-OH is 2. The van der Waals surface area contributed by atoms with Crippen LogP contribution in [0.2, 0.25) is 12.1 Å². The number of nitrogens with zero attached hydrogens (tertiary/aromatic N) is 1. The molecule has 5 fully saturated rings. The highest BCUT2D eigenvalue weighted by Gasteiger charge is 2.61. The van der Waals surface area contributed by atoms with Gasteiger partial charge in [-0.3, -0.25) is 10.4 Å². The standard InChI is InChI=1S/C17H25BO6Si.C11H22O6Si.C6H7NO2.CH4/c1-13-17-14(2)23-25(22-13,24-17)10-6-9-19-11-16-12-20-18(21-16)15-7-4-3-5-8-15;1-8-11-9(2)16-18(15-8,17-11)5-3-4-14-7-10(13)6-12;8-7(9)6-4-2-1-3-5-6;/h3-5,7-8,13-14,16-17H,6,9-12H2,1-2H3;8-13H,3-7H2,1-2H3;1-5,8-9H;1H4. The maximum Gasteiger partial charge on any atom is 0.502 e. The molecule has 53 heavy (non-hydrogen) atoms. The second-order valence-corrected chi connectivity index (χ2v) is 18.6. The molecule has 0 aliphatic carbocycles. The van der Waals surface area contributed by atoms with E-state index in [-0.39, 0.29) is 75.7 Å². The normalized spacial score (nSPS) is 32.8. The van der Waals surface area contributed by atoms with Crippen molar-refractivity contribution >= 4 is 35.9 Å². The number of rotatable bonds is 15. The minimum absolute atomic E-state index is 0. The fourth-order valence-electron chi connectivity index (χ4n) is 6.63. The highest BCUT2D eigenvalue weighted by molar-refractivity contribution is 6.62. The van der Waals surface area contributed by atoms with E-state index >= 15 is 0 Å². The van der Waals surface area contributed by atoms with Gasteiger partial charge in [0.2, 0.25) is 0 Å². The van der Waals surface area contributed by atoms with Gasteiger partial charge < -0.3 is 55.6 Å². The molecular weight excluding hydrogens is 725 g/mol. The van der Waals surface area contributed by atoms with Gasteiger partial charge in [-0.2, -0.15) is 0 Å². The maximum absolute atomic E-state index is 9.10. The Bertz CT molecular complexity index is 1300. The van der Waals surface area contributed by atoms with Crippen molar-refractivity contribution in [1.29, 1.82) is 0 Å². The molecule has 18 heteroatoms. The largest absolute Gasteiger partial charge is 0.502 e. The van der Waals surface area contributed by atoms with Crippen LogP contribution in [-0.4, -0.2) is 134 Å². The first kappa shape index (κ1) is 43.9. The minimum Gasteiger partial charge on any atom is -0.405 e. The van der Waals surface area contributed by atoms with Gasteiger partial charge in [-0.05, 0) is 58.1 Å². The molecule has 298 valence electrons. The first-order chi connectivity index (χ1) is 25.0. The van der Waals surface area contributed by atoms with Crippen molar-refractivity contribution in [3.8, 4) is 0 Å². The van der Waals surface area contributed by atoms with Gasteiger partial charge in [-0.1, -0.05) is 56.0 Å². The Labute approximate surface area is 315 Å². The zero-order chi connectivity index (χ0) is 37.1. The predicted octanol–water partition coefficient (Wildman–Crippen LogP) is 3.18. The van der Waals surface area contributed by atoms with E-state index in [2.05, 4.69) is 13.8 Å². The summed E-state index contributed by atoms with van der Waals surface area (Å²) in [7, 11) is -5.15. The molecule has 0 amide bonds. The van der Waals surface area contributed by atoms with Crippen molar-refractivity contribution in [2.24, 2.45) is 0 Å². The van der Waals surface area contributed by atoms with Crippen LogP contribution in [0.4, 0.5) is 5.69 Å². The fraction of sp³-hybridized carbons (Fsp3) is 0.657. The smallest absolute Gasteiger partial charge is 0.405 e. The zero-order valence-corrected chi connectivity index (χ0v) is 32.4. The molecular formula is C35H58BNO14Si2. The number of ether oxygens (including phenoxy) is 2. The number of fused-ring (bicyclic) bond motifs is 4. The van der Waals surface area contributed by atoms with Gasteiger partial charge in [0.1, 0.15) is 6.10 Å². The van der Waals surface area contributed by atoms with Crippen LogP contribution in [0.25, 0.3) is 0 Å². The van der Waals surface area contributed by atoms with Crippen LogP contribution in [0.1, 0.15) is 48.0 Å². The highest BCUT2D eigenvalue weighted by atomic mass is 28.4. The van der Waals surface area contributed by atoms with Crippen LogP contribution in [0.3, 0.4) is 0 Å². The maximum atomic E-state index is 9.10. The molecule has 0 saturated carbocycles. The molecule has 5 heterocycles. The van der Waals surface area contributed by atoms with Gasteiger partial charge in [0, 0.05) is 25.3 Å². The molecule has 0 radical (unpaired) electrons. The van der Waals surface area contributed by atoms with Gasteiger partial charge in [0.05, 0.1) is 74.8 Å². The van der Waals surface area contributed by atoms with E-state index in [0.717, 1.165) is 30.4 Å². The molecule has 0 aromatic heterocycles. The Balaban J connectivity index is 0.000000196. The summed E-state index contributed by atoms with van der Waals surface area (Å²) < 4.78 is 58.1. The van der Waals surface area contributed by atoms with Crippen LogP contribution in [0.15, 0.2) is 60.7 Å². The SMILES string of the molecule is C.CC1O[Si]2(CCCOCC(O)CO)OC(C)C1O2.CC1O[Si]2(CCCOCC3COB(c4ccccc4)O3)OC(C)C1O2.ON(O)c1ccccc1. The molecule has 2 aromatic carbocycles. The van der Waals surface area contributed by atoms with E-state index in [1.807, 2.05) is 44.2 Å². The summed E-state index contributed by atoms with van der Waals surface area (Å²) in [6, 6.07) is 19.9. The summed E-state index contributed by atoms with van der Waals surface area (Å²) >= 11 is 0. The monoisotopic (exact) mass is 783 g/mol. The van der Waals surface area contributed by atoms with E-state index in [1.54, 1.807) is 30.3 Å². The third-order valence-electron chi connectivity index (χ3n) is 9.12. The fourth-order valence-corrected chi connectivity index (χ4v) is 13.2. The lowest BCUT2D eigenvalue weighted by Crippen LogP contribution is -2.44. The summed E-state index contributed by atoms with van der Waals surface area (Å²) in [6.07, 6.45) is 1.55. The van der Waals surface area contributed by atoms with Crippen molar-refractivity contribution in [3.05, 3.63) is 60.7 Å². The Morgan fingerprint density at radius 3 is 1.70 bits per heavy atom. The molecule has 5 aliphatic rings. The second kappa shape index (κ2) is 20.9. The molecule has 5 aliphatic heterocycles. The molecule has 6 atom stereocenters. The number of para-hydroxylation sites is 1. The van der Waals surface area contributed by atoms with Crippen molar-refractivity contribution < 1.29 is 66.0 Å². The van der Waals surface area contributed by atoms with Crippen molar-refractivity contribution in [2.75, 3.05) is 44.9 Å². The summed E-state index contributed by atoms with van der Waals surface area (Å²) in [4.78, 5) is 0. The van der Waals surface area contributed by atoms with Crippen LogP contribution in [0, 0.1) is 0 Å². The second-order valence-electron chi connectivity index (χ2n) is 13.5. The van der Waals surface area contributed by atoms with Crippen LogP contribution < -0.4 is 10.7 Å². The number of benzene rings is 2. The van der Waals surface area contributed by atoms with E-state index in [4.69, 9.17) is 66.0 Å². The van der Waals surface area contributed by atoms with E-state index in [9.17, 15) is 0 Å². The molecule has 7 rings (SSSR count). The molecule has 4 bridgehead atoms. The lowest BCUT2D eigenvalue weighted by Gasteiger charge is -2.26. The summed E-state index contributed by atoms with van der Waals surface area (Å²) in [5, 5.41) is 34.6. The first-order valence-electron chi connectivity index (χ1n) is 18.1. The molecule has 5 saturated heterocycles. The van der Waals surface area contributed by atoms with Gasteiger partial charge in [-0.25, -0.2) is 0 Å². The third-order valence-corrected chi connectivity index (χ3v) is 15.2. The predicted molar refractivity (Wildman–Crippen MR) is 199 cm³/mol. The van der Waals surface area contributed by atoms with E-state index in [1.165, 1.54) is 0 Å². The average molecular weight is 784 g/mol. The summed E-state index contributed by atoms with van der Waals surface area (Å²) in [6.45, 7) is 10.3. The average Bonchev–Trinajstić information content (AvgIpc) is 3.95. The van der Waals surface area contributed by atoms with Gasteiger partial charge in [0.15, 0.2) is 0 Å².